The topological polar surface area (TPSA) is 104 Å². The summed E-state index contributed by atoms with van der Waals surface area (Å²) in [6.07, 6.45) is 1.63. The molecule has 0 aliphatic heterocycles. The van der Waals surface area contributed by atoms with E-state index in [0.717, 1.165) is 16.0 Å². The fraction of sp³-hybridized carbons (Fsp3) is 0.118. The summed E-state index contributed by atoms with van der Waals surface area (Å²) >= 11 is 1.34. The molecular formula is C34H31N3O4S. The molecule has 4 rings (SSSR count). The van der Waals surface area contributed by atoms with Gasteiger partial charge in [0.1, 0.15) is 5.70 Å². The van der Waals surface area contributed by atoms with Gasteiger partial charge in [-0.15, -0.1) is 11.8 Å². The van der Waals surface area contributed by atoms with Gasteiger partial charge in [0.15, 0.2) is 5.78 Å². The maximum absolute atomic E-state index is 13.4. The fourth-order valence-electron chi connectivity index (χ4n) is 3.91. The van der Waals surface area contributed by atoms with Gasteiger partial charge in [-0.2, -0.15) is 0 Å². The van der Waals surface area contributed by atoms with Crippen LogP contribution in [0.2, 0.25) is 0 Å². The monoisotopic (exact) mass is 577 g/mol. The largest absolute Gasteiger partial charge is 0.325 e. The van der Waals surface area contributed by atoms with E-state index in [-0.39, 0.29) is 17.4 Å². The predicted octanol–water partition coefficient (Wildman–Crippen LogP) is 6.73. The number of Topliss-reactive ketones (excluding diaryl/α,β-unsaturated/α-hetero) is 1. The number of anilines is 2. The van der Waals surface area contributed by atoms with Gasteiger partial charge in [-0.3, -0.25) is 19.2 Å². The predicted molar refractivity (Wildman–Crippen MR) is 169 cm³/mol. The summed E-state index contributed by atoms with van der Waals surface area (Å²) in [5, 5.41) is 8.03. The highest BCUT2D eigenvalue weighted by Crippen LogP contribution is 2.27. The van der Waals surface area contributed by atoms with Crippen LogP contribution in [0.25, 0.3) is 6.08 Å². The summed E-state index contributed by atoms with van der Waals surface area (Å²) in [5.41, 5.74) is 4.06. The van der Waals surface area contributed by atoms with E-state index in [1.807, 2.05) is 43.3 Å². The number of amides is 3. The molecule has 0 fully saturated rings. The minimum atomic E-state index is -0.484. The number of nitrogens with one attached hydrogen (secondary N) is 3. The number of aryl methyl sites for hydroxylation is 1. The van der Waals surface area contributed by atoms with E-state index in [1.165, 1.54) is 18.7 Å². The first-order valence-electron chi connectivity index (χ1n) is 13.3. The third kappa shape index (κ3) is 8.52. The van der Waals surface area contributed by atoms with Gasteiger partial charge in [-0.1, -0.05) is 54.1 Å². The highest BCUT2D eigenvalue weighted by molar-refractivity contribution is 8.00. The smallest absolute Gasteiger partial charge is 0.272 e. The quantitative estimate of drug-likeness (QED) is 0.110. The molecule has 3 N–H and O–H groups in total. The molecule has 4 aromatic rings. The summed E-state index contributed by atoms with van der Waals surface area (Å²) in [6.45, 7) is 5.25. The van der Waals surface area contributed by atoms with Gasteiger partial charge < -0.3 is 16.0 Å². The first-order valence-corrected chi connectivity index (χ1v) is 14.2. The number of benzene rings is 4. The normalized spacial score (nSPS) is 11.7. The molecule has 0 spiro atoms. The van der Waals surface area contributed by atoms with E-state index in [2.05, 4.69) is 16.0 Å². The molecule has 42 heavy (non-hydrogen) atoms. The summed E-state index contributed by atoms with van der Waals surface area (Å²) in [4.78, 5) is 51.3. The van der Waals surface area contributed by atoms with E-state index in [4.69, 9.17) is 0 Å². The average molecular weight is 578 g/mol. The summed E-state index contributed by atoms with van der Waals surface area (Å²) in [6, 6.07) is 30.2. The Balaban J connectivity index is 1.45. The molecule has 1 atom stereocenters. The molecule has 212 valence electrons. The Labute approximate surface area is 249 Å². The number of ketones is 1. The van der Waals surface area contributed by atoms with E-state index >= 15 is 0 Å². The molecule has 1 unspecified atom stereocenters. The summed E-state index contributed by atoms with van der Waals surface area (Å²) in [7, 11) is 0. The molecule has 0 saturated heterocycles. The van der Waals surface area contributed by atoms with E-state index in [9.17, 15) is 19.2 Å². The number of rotatable bonds is 10. The van der Waals surface area contributed by atoms with Crippen LogP contribution >= 0.6 is 11.8 Å². The van der Waals surface area contributed by atoms with Crippen LogP contribution in [0.5, 0.6) is 0 Å². The molecule has 4 aromatic carbocycles. The number of thioether (sulfide) groups is 1. The molecule has 0 aliphatic rings. The van der Waals surface area contributed by atoms with E-state index in [0.29, 0.717) is 22.5 Å². The van der Waals surface area contributed by atoms with Crippen molar-refractivity contribution in [1.29, 1.82) is 0 Å². The molecule has 8 heteroatoms. The second-order valence-corrected chi connectivity index (χ2v) is 11.1. The van der Waals surface area contributed by atoms with E-state index in [1.54, 1.807) is 79.7 Å². The molecule has 0 heterocycles. The van der Waals surface area contributed by atoms with Crippen molar-refractivity contribution < 1.29 is 19.2 Å². The van der Waals surface area contributed by atoms with Crippen LogP contribution in [0, 0.1) is 6.92 Å². The van der Waals surface area contributed by atoms with Crippen LogP contribution in [0.4, 0.5) is 11.4 Å². The average Bonchev–Trinajstić information content (AvgIpc) is 2.98. The molecule has 0 aromatic heterocycles. The SMILES string of the molecule is CC(=O)c1ccc(NC(=O)C(C)Sc2cccc(NC(=O)/C(=C/c3ccc(C)cc3)NC(=O)c3ccccc3)c2)cc1. The van der Waals surface area contributed by atoms with Gasteiger partial charge in [-0.25, -0.2) is 0 Å². The maximum Gasteiger partial charge on any atom is 0.272 e. The molecular weight excluding hydrogens is 546 g/mol. The van der Waals surface area contributed by atoms with Gasteiger partial charge >= 0.3 is 0 Å². The molecule has 7 nitrogen and oxygen atoms in total. The lowest BCUT2D eigenvalue weighted by atomic mass is 10.1. The van der Waals surface area contributed by atoms with Crippen molar-refractivity contribution in [2.75, 3.05) is 10.6 Å². The Kier molecular flexibility index (Phi) is 10.1. The third-order valence-electron chi connectivity index (χ3n) is 6.25. The molecule has 0 bridgehead atoms. The van der Waals surface area contributed by atoms with Gasteiger partial charge in [0.2, 0.25) is 5.91 Å². The van der Waals surface area contributed by atoms with Crippen LogP contribution in [0.3, 0.4) is 0 Å². The number of carbonyl (C=O) groups is 4. The highest BCUT2D eigenvalue weighted by atomic mass is 32.2. The Hall–Kier alpha value is -4.95. The summed E-state index contributed by atoms with van der Waals surface area (Å²) in [5.74, 6) is -1.12. The lowest BCUT2D eigenvalue weighted by Crippen LogP contribution is -2.30. The summed E-state index contributed by atoms with van der Waals surface area (Å²) < 4.78 is 0. The van der Waals surface area contributed by atoms with Gasteiger partial charge in [-0.05, 0) is 87.0 Å². The van der Waals surface area contributed by atoms with Gasteiger partial charge in [0.25, 0.3) is 11.8 Å². The minimum absolute atomic E-state index is 0.0416. The maximum atomic E-state index is 13.4. The Bertz CT molecular complexity index is 1620. The van der Waals surface area contributed by atoms with Crippen molar-refractivity contribution in [3.05, 3.63) is 131 Å². The van der Waals surface area contributed by atoms with Crippen LogP contribution < -0.4 is 16.0 Å². The van der Waals surface area contributed by atoms with Crippen molar-refractivity contribution in [3.63, 3.8) is 0 Å². The minimum Gasteiger partial charge on any atom is -0.325 e. The zero-order valence-corrected chi connectivity index (χ0v) is 24.3. The zero-order chi connectivity index (χ0) is 30.1. The molecule has 0 saturated carbocycles. The van der Waals surface area contributed by atoms with E-state index < -0.39 is 17.1 Å². The first kappa shape index (κ1) is 30.0. The van der Waals surface area contributed by atoms with Crippen molar-refractivity contribution in [1.82, 2.24) is 5.32 Å². The van der Waals surface area contributed by atoms with Crippen molar-refractivity contribution >= 4 is 52.7 Å². The van der Waals surface area contributed by atoms with Crippen LogP contribution in [-0.4, -0.2) is 28.8 Å². The van der Waals surface area contributed by atoms with Crippen LogP contribution in [-0.2, 0) is 9.59 Å². The standard InChI is InChI=1S/C34H31N3O4S/c1-22-12-14-25(15-13-22)20-31(37-33(40)27-8-5-4-6-9-27)34(41)36-29-10-7-11-30(21-29)42-24(3)32(39)35-28-18-16-26(17-19-28)23(2)38/h4-21,24H,1-3H3,(H,35,39)(H,36,41)(H,37,40)/b31-20-. The van der Waals surface area contributed by atoms with Crippen molar-refractivity contribution in [2.24, 2.45) is 0 Å². The Morgan fingerprint density at radius 2 is 1.43 bits per heavy atom. The van der Waals surface area contributed by atoms with Crippen molar-refractivity contribution in [3.8, 4) is 0 Å². The first-order chi connectivity index (χ1) is 20.2. The van der Waals surface area contributed by atoms with Gasteiger partial charge in [0.05, 0.1) is 5.25 Å². The second kappa shape index (κ2) is 14.1. The Morgan fingerprint density at radius 1 is 0.738 bits per heavy atom. The van der Waals surface area contributed by atoms with Crippen LogP contribution in [0.15, 0.2) is 114 Å². The lowest BCUT2D eigenvalue weighted by molar-refractivity contribution is -0.115. The lowest BCUT2D eigenvalue weighted by Gasteiger charge is -2.14. The molecule has 3 amide bonds. The number of hydrogen-bond acceptors (Lipinski definition) is 5. The molecule has 0 aliphatic carbocycles. The zero-order valence-electron chi connectivity index (χ0n) is 23.5. The third-order valence-corrected chi connectivity index (χ3v) is 7.34. The highest BCUT2D eigenvalue weighted by Gasteiger charge is 2.17. The van der Waals surface area contributed by atoms with Crippen LogP contribution in [0.1, 0.15) is 45.7 Å². The van der Waals surface area contributed by atoms with Gasteiger partial charge in [0, 0.05) is 27.4 Å². The second-order valence-electron chi connectivity index (χ2n) is 9.65. The van der Waals surface area contributed by atoms with Crippen molar-refractivity contribution in [2.45, 2.75) is 30.9 Å². The Morgan fingerprint density at radius 3 is 2.10 bits per heavy atom. The fourth-order valence-corrected chi connectivity index (χ4v) is 4.83. The number of carbonyl (C=O) groups excluding carboxylic acids is 4. The molecule has 0 radical (unpaired) electrons. The number of hydrogen-bond donors (Lipinski definition) is 3.